The molecule has 0 aliphatic rings. The fraction of sp³-hybridized carbons (Fsp3) is 0.333. The molecule has 1 aromatic carbocycles. The van der Waals surface area contributed by atoms with Crippen molar-refractivity contribution >= 4 is 0 Å². The summed E-state index contributed by atoms with van der Waals surface area (Å²) in [5, 5.41) is 3.28. The number of hydrogen-bond donors (Lipinski definition) is 1. The van der Waals surface area contributed by atoms with Crippen LogP contribution in [0.15, 0.2) is 47.1 Å². The fourth-order valence-corrected chi connectivity index (χ4v) is 1.90. The second-order valence-electron chi connectivity index (χ2n) is 4.76. The van der Waals surface area contributed by atoms with E-state index in [-0.39, 0.29) is 11.8 Å². The van der Waals surface area contributed by atoms with E-state index in [9.17, 15) is 13.2 Å². The molecule has 3 nitrogen and oxygen atoms in total. The van der Waals surface area contributed by atoms with Gasteiger partial charge < -0.3 is 14.5 Å². The van der Waals surface area contributed by atoms with Crippen LogP contribution >= 0.6 is 0 Å². The Labute approximate surface area is 120 Å². The van der Waals surface area contributed by atoms with Crippen molar-refractivity contribution in [3.05, 3.63) is 54.0 Å². The summed E-state index contributed by atoms with van der Waals surface area (Å²) in [6, 6.07) is 9.76. The summed E-state index contributed by atoms with van der Waals surface area (Å²) in [6.45, 7) is 2.58. The van der Waals surface area contributed by atoms with Crippen LogP contribution in [0.2, 0.25) is 0 Å². The summed E-state index contributed by atoms with van der Waals surface area (Å²) in [4.78, 5) is 0. The smallest absolute Gasteiger partial charge is 0.469 e. The van der Waals surface area contributed by atoms with Crippen molar-refractivity contribution in [2.75, 3.05) is 0 Å². The molecule has 21 heavy (non-hydrogen) atoms. The first-order valence-electron chi connectivity index (χ1n) is 6.53. The zero-order valence-corrected chi connectivity index (χ0v) is 11.5. The van der Waals surface area contributed by atoms with E-state index in [1.807, 2.05) is 19.1 Å². The van der Waals surface area contributed by atoms with Crippen LogP contribution in [0.5, 0.6) is 5.75 Å². The molecule has 2 rings (SSSR count). The van der Waals surface area contributed by atoms with E-state index in [4.69, 9.17) is 4.42 Å². The lowest BCUT2D eigenvalue weighted by Gasteiger charge is -2.13. The zero-order chi connectivity index (χ0) is 15.3. The van der Waals surface area contributed by atoms with Crippen molar-refractivity contribution in [1.29, 1.82) is 0 Å². The van der Waals surface area contributed by atoms with Gasteiger partial charge in [-0.25, -0.2) is 0 Å². The van der Waals surface area contributed by atoms with Crippen LogP contribution in [0.3, 0.4) is 0 Å². The number of rotatable bonds is 6. The Hall–Kier alpha value is -1.95. The number of alkyl halides is 3. The van der Waals surface area contributed by atoms with Crippen molar-refractivity contribution in [2.45, 2.75) is 32.3 Å². The van der Waals surface area contributed by atoms with E-state index >= 15 is 0 Å². The summed E-state index contributed by atoms with van der Waals surface area (Å²) in [6.07, 6.45) is -2.28. The Morgan fingerprint density at radius 2 is 1.90 bits per heavy atom. The van der Waals surface area contributed by atoms with Crippen molar-refractivity contribution in [1.82, 2.24) is 5.32 Å². The molecule has 1 aromatic heterocycles. The zero-order valence-electron chi connectivity index (χ0n) is 11.5. The number of hydrogen-bond acceptors (Lipinski definition) is 3. The molecule has 2 aromatic rings. The molecule has 0 fully saturated rings. The van der Waals surface area contributed by atoms with Crippen LogP contribution in [0.25, 0.3) is 0 Å². The molecular weight excluding hydrogens is 283 g/mol. The third kappa shape index (κ3) is 5.51. The molecule has 1 atom stereocenters. The molecule has 0 saturated heterocycles. The second kappa shape index (κ2) is 6.67. The van der Waals surface area contributed by atoms with Gasteiger partial charge in [0.2, 0.25) is 0 Å². The molecule has 0 aliphatic heterocycles. The number of furan rings is 1. The Bertz CT molecular complexity index is 535. The van der Waals surface area contributed by atoms with Crippen molar-refractivity contribution < 1.29 is 22.3 Å². The first kappa shape index (κ1) is 15.4. The summed E-state index contributed by atoms with van der Waals surface area (Å²) < 4.78 is 45.2. The van der Waals surface area contributed by atoms with E-state index in [0.29, 0.717) is 6.54 Å². The molecule has 114 valence electrons. The highest BCUT2D eigenvalue weighted by Crippen LogP contribution is 2.22. The van der Waals surface area contributed by atoms with Gasteiger partial charge in [-0.3, -0.25) is 0 Å². The lowest BCUT2D eigenvalue weighted by molar-refractivity contribution is -0.274. The van der Waals surface area contributed by atoms with Crippen LogP contribution < -0.4 is 10.1 Å². The minimum absolute atomic E-state index is 0.197. The van der Waals surface area contributed by atoms with Crippen LogP contribution in [0.1, 0.15) is 18.2 Å². The summed E-state index contributed by atoms with van der Waals surface area (Å²) in [5.74, 6) is 0.679. The SMILES string of the molecule is CC(Cc1ccco1)NCc1ccc(OC(F)(F)F)cc1. The predicted octanol–water partition coefficient (Wildman–Crippen LogP) is 3.90. The Morgan fingerprint density at radius 1 is 1.19 bits per heavy atom. The van der Waals surface area contributed by atoms with Crippen molar-refractivity contribution in [3.63, 3.8) is 0 Å². The fourth-order valence-electron chi connectivity index (χ4n) is 1.90. The maximum Gasteiger partial charge on any atom is 0.573 e. The third-order valence-electron chi connectivity index (χ3n) is 2.90. The van der Waals surface area contributed by atoms with E-state index in [2.05, 4.69) is 10.1 Å². The minimum atomic E-state index is -4.66. The molecule has 0 saturated carbocycles. The second-order valence-corrected chi connectivity index (χ2v) is 4.76. The minimum Gasteiger partial charge on any atom is -0.469 e. The maximum absolute atomic E-state index is 12.0. The first-order valence-corrected chi connectivity index (χ1v) is 6.53. The summed E-state index contributed by atoms with van der Waals surface area (Å²) >= 11 is 0. The average Bonchev–Trinajstić information content (AvgIpc) is 2.89. The monoisotopic (exact) mass is 299 g/mol. The van der Waals surface area contributed by atoms with Crippen LogP contribution in [-0.4, -0.2) is 12.4 Å². The van der Waals surface area contributed by atoms with Crippen molar-refractivity contribution in [2.24, 2.45) is 0 Å². The quantitative estimate of drug-likeness (QED) is 0.878. The van der Waals surface area contributed by atoms with Gasteiger partial charge in [-0.15, -0.1) is 13.2 Å². The van der Waals surface area contributed by atoms with Crippen LogP contribution in [0.4, 0.5) is 13.2 Å². The van der Waals surface area contributed by atoms with Gasteiger partial charge in [-0.2, -0.15) is 0 Å². The van der Waals surface area contributed by atoms with Gasteiger partial charge in [0.1, 0.15) is 11.5 Å². The van der Waals surface area contributed by atoms with E-state index in [1.54, 1.807) is 18.4 Å². The Kier molecular flexibility index (Phi) is 4.90. The molecule has 0 spiro atoms. The molecule has 0 radical (unpaired) electrons. The summed E-state index contributed by atoms with van der Waals surface area (Å²) in [5.41, 5.74) is 0.885. The van der Waals surface area contributed by atoms with Gasteiger partial charge in [0.05, 0.1) is 6.26 Å². The number of nitrogens with one attached hydrogen (secondary N) is 1. The van der Waals surface area contributed by atoms with E-state index in [1.165, 1.54) is 12.1 Å². The van der Waals surface area contributed by atoms with Gasteiger partial charge in [0, 0.05) is 19.0 Å². The Balaban J connectivity index is 1.80. The molecular formula is C15H16F3NO2. The molecule has 1 unspecified atom stereocenters. The Morgan fingerprint density at radius 3 is 2.48 bits per heavy atom. The lowest BCUT2D eigenvalue weighted by Crippen LogP contribution is -2.27. The largest absolute Gasteiger partial charge is 0.573 e. The molecule has 6 heteroatoms. The highest BCUT2D eigenvalue weighted by Gasteiger charge is 2.30. The highest BCUT2D eigenvalue weighted by molar-refractivity contribution is 5.27. The third-order valence-corrected chi connectivity index (χ3v) is 2.90. The van der Waals surface area contributed by atoms with Gasteiger partial charge in [-0.1, -0.05) is 12.1 Å². The topological polar surface area (TPSA) is 34.4 Å². The van der Waals surface area contributed by atoms with Gasteiger partial charge in [-0.05, 0) is 36.8 Å². The van der Waals surface area contributed by atoms with Gasteiger partial charge in [0.25, 0.3) is 0 Å². The number of benzene rings is 1. The molecule has 1 heterocycles. The van der Waals surface area contributed by atoms with Crippen LogP contribution in [-0.2, 0) is 13.0 Å². The highest BCUT2D eigenvalue weighted by atomic mass is 19.4. The molecule has 1 N–H and O–H groups in total. The van der Waals surface area contributed by atoms with E-state index in [0.717, 1.165) is 17.7 Å². The lowest BCUT2D eigenvalue weighted by atomic mass is 10.1. The van der Waals surface area contributed by atoms with Gasteiger partial charge >= 0.3 is 6.36 Å². The normalized spacial score (nSPS) is 13.1. The molecule has 0 aliphatic carbocycles. The van der Waals surface area contributed by atoms with E-state index < -0.39 is 6.36 Å². The van der Waals surface area contributed by atoms with Crippen molar-refractivity contribution in [3.8, 4) is 5.75 Å². The molecule has 0 bridgehead atoms. The predicted molar refractivity (Wildman–Crippen MR) is 71.8 cm³/mol. The first-order chi connectivity index (χ1) is 9.92. The maximum atomic E-state index is 12.0. The van der Waals surface area contributed by atoms with Gasteiger partial charge in [0.15, 0.2) is 0 Å². The number of ether oxygens (including phenoxy) is 1. The summed E-state index contributed by atoms with van der Waals surface area (Å²) in [7, 11) is 0. The number of halogens is 3. The average molecular weight is 299 g/mol. The standard InChI is InChI=1S/C15H16F3NO2/c1-11(9-14-3-2-8-20-14)19-10-12-4-6-13(7-5-12)21-15(16,17)18/h2-8,11,19H,9-10H2,1H3. The molecule has 0 amide bonds. The van der Waals surface area contributed by atoms with Crippen LogP contribution in [0, 0.1) is 0 Å².